The van der Waals surface area contributed by atoms with E-state index in [-0.39, 0.29) is 5.75 Å². The van der Waals surface area contributed by atoms with E-state index in [4.69, 9.17) is 5.26 Å². The lowest BCUT2D eigenvalue weighted by Gasteiger charge is -2.43. The molecule has 0 aliphatic heterocycles. The second-order valence-corrected chi connectivity index (χ2v) is 7.31. The molecular formula is C18H10F17NO. The van der Waals surface area contributed by atoms with Crippen LogP contribution in [0.15, 0.2) is 24.3 Å². The number of halogens is 17. The van der Waals surface area contributed by atoms with Crippen LogP contribution in [0, 0.1) is 11.3 Å². The number of benzene rings is 1. The lowest BCUT2D eigenvalue weighted by Crippen LogP contribution is -2.74. The maximum absolute atomic E-state index is 14.1. The fraction of sp³-hybridized carbons (Fsp3) is 0.611. The summed E-state index contributed by atoms with van der Waals surface area (Å²) in [6, 6.07) is 4.17. The van der Waals surface area contributed by atoms with Gasteiger partial charge in [-0.2, -0.15) is 79.9 Å². The summed E-state index contributed by atoms with van der Waals surface area (Å²) >= 11 is 0. The molecular weight excluding hydrogens is 569 g/mol. The summed E-state index contributed by atoms with van der Waals surface area (Å²) in [5, 5.41) is 8.90. The minimum atomic E-state index is -8.69. The van der Waals surface area contributed by atoms with Crippen molar-refractivity contribution in [2.24, 2.45) is 0 Å². The molecule has 0 spiro atoms. The predicted molar refractivity (Wildman–Crippen MR) is 86.6 cm³/mol. The standard InChI is InChI=1S/C18H10F17NO/c1-37-10-4-2-8(3-5-10)9(7-36)6-11(19,20)12(21,22)13(23,24)14(25,26)15(27,28)16(29,30)17(31,32)18(33,34)35/h2-5,9H,6H2,1H3/t9-/m0/s1. The number of methoxy groups -OCH3 is 1. The van der Waals surface area contributed by atoms with E-state index in [1.54, 1.807) is 0 Å². The Hall–Kier alpha value is -2.68. The van der Waals surface area contributed by atoms with E-state index in [0.717, 1.165) is 37.4 Å². The summed E-state index contributed by atoms with van der Waals surface area (Å²) < 4.78 is 231. The van der Waals surface area contributed by atoms with E-state index in [1.165, 1.54) is 0 Å². The van der Waals surface area contributed by atoms with Gasteiger partial charge in [-0.25, -0.2) is 0 Å². The molecule has 0 aliphatic carbocycles. The molecule has 0 fully saturated rings. The summed E-state index contributed by atoms with van der Waals surface area (Å²) in [6.45, 7) is 0. The molecule has 1 atom stereocenters. The molecule has 1 aromatic rings. The maximum atomic E-state index is 14.1. The Kier molecular flexibility index (Phi) is 8.09. The number of rotatable bonds is 10. The van der Waals surface area contributed by atoms with Crippen LogP contribution in [0.5, 0.6) is 5.75 Å². The van der Waals surface area contributed by atoms with Crippen molar-refractivity contribution in [2.45, 2.75) is 60.0 Å². The molecule has 2 nitrogen and oxygen atoms in total. The number of ether oxygens (including phenoxy) is 1. The first-order valence-corrected chi connectivity index (χ1v) is 8.96. The molecule has 0 saturated heterocycles. The van der Waals surface area contributed by atoms with Crippen molar-refractivity contribution in [2.75, 3.05) is 7.11 Å². The average molecular weight is 579 g/mol. The summed E-state index contributed by atoms with van der Waals surface area (Å²) in [5.74, 6) is -59.6. The highest BCUT2D eigenvalue weighted by Gasteiger charge is 2.95. The van der Waals surface area contributed by atoms with Gasteiger partial charge >= 0.3 is 47.6 Å². The lowest BCUT2D eigenvalue weighted by atomic mass is 9.85. The number of nitriles is 1. The topological polar surface area (TPSA) is 33.0 Å². The van der Waals surface area contributed by atoms with Crippen LogP contribution in [-0.2, 0) is 0 Å². The highest BCUT2D eigenvalue weighted by Crippen LogP contribution is 2.64. The zero-order valence-corrected chi connectivity index (χ0v) is 17.4. The molecule has 212 valence electrons. The van der Waals surface area contributed by atoms with Crippen LogP contribution >= 0.6 is 0 Å². The van der Waals surface area contributed by atoms with Gasteiger partial charge < -0.3 is 4.74 Å². The van der Waals surface area contributed by atoms with Crippen LogP contribution in [0.2, 0.25) is 0 Å². The van der Waals surface area contributed by atoms with Crippen molar-refractivity contribution in [3.63, 3.8) is 0 Å². The molecule has 0 radical (unpaired) electrons. The van der Waals surface area contributed by atoms with Crippen LogP contribution in [0.25, 0.3) is 0 Å². The van der Waals surface area contributed by atoms with Crippen LogP contribution in [0.4, 0.5) is 74.6 Å². The van der Waals surface area contributed by atoms with Crippen molar-refractivity contribution in [1.29, 1.82) is 5.26 Å². The third-order valence-electron chi connectivity index (χ3n) is 4.92. The normalized spacial score (nSPS) is 15.8. The summed E-state index contributed by atoms with van der Waals surface area (Å²) in [4.78, 5) is 0. The van der Waals surface area contributed by atoms with Gasteiger partial charge in [0.15, 0.2) is 0 Å². The first-order chi connectivity index (χ1) is 16.2. The quantitative estimate of drug-likeness (QED) is 0.266. The van der Waals surface area contributed by atoms with E-state index < -0.39 is 65.5 Å². The molecule has 0 aromatic heterocycles. The number of hydrogen-bond donors (Lipinski definition) is 0. The van der Waals surface area contributed by atoms with E-state index >= 15 is 0 Å². The van der Waals surface area contributed by atoms with Gasteiger partial charge in [0.1, 0.15) is 5.75 Å². The molecule has 0 heterocycles. The molecule has 1 rings (SSSR count). The molecule has 0 N–H and O–H groups in total. The van der Waals surface area contributed by atoms with Crippen LogP contribution in [-0.4, -0.2) is 54.7 Å². The van der Waals surface area contributed by atoms with E-state index in [2.05, 4.69) is 4.74 Å². The number of alkyl halides is 17. The Labute approximate surface area is 194 Å². The second-order valence-electron chi connectivity index (χ2n) is 7.31. The number of hydrogen-bond acceptors (Lipinski definition) is 2. The van der Waals surface area contributed by atoms with Crippen molar-refractivity contribution in [3.05, 3.63) is 29.8 Å². The van der Waals surface area contributed by atoms with Crippen molar-refractivity contribution in [3.8, 4) is 11.8 Å². The highest BCUT2D eigenvalue weighted by atomic mass is 19.4. The molecule has 0 amide bonds. The summed E-state index contributed by atoms with van der Waals surface area (Å²) in [6.07, 6.45) is -10.7. The molecule has 0 saturated carbocycles. The number of nitrogens with zero attached hydrogens (tertiary/aromatic N) is 1. The molecule has 0 unspecified atom stereocenters. The summed E-state index contributed by atoms with van der Waals surface area (Å²) in [7, 11) is 1.08. The molecule has 19 heteroatoms. The van der Waals surface area contributed by atoms with E-state index in [0.29, 0.717) is 0 Å². The zero-order chi connectivity index (χ0) is 29.7. The van der Waals surface area contributed by atoms with Gasteiger partial charge in [-0.05, 0) is 17.7 Å². The smallest absolute Gasteiger partial charge is 0.460 e. The van der Waals surface area contributed by atoms with Crippen molar-refractivity contribution >= 4 is 0 Å². The molecule has 0 aliphatic rings. The largest absolute Gasteiger partial charge is 0.497 e. The predicted octanol–water partition coefficient (Wildman–Crippen LogP) is 7.70. The SMILES string of the molecule is COc1ccc([C@H](C#N)CC(F)(F)C(F)(F)C(F)(F)C(F)(F)C(F)(F)C(F)(F)C(F)(F)C(F)(F)F)cc1. The van der Waals surface area contributed by atoms with Gasteiger partial charge in [-0.15, -0.1) is 0 Å². The van der Waals surface area contributed by atoms with Gasteiger partial charge in [0, 0.05) is 6.42 Å². The second kappa shape index (κ2) is 9.26. The Balaban J connectivity index is 3.57. The van der Waals surface area contributed by atoms with Gasteiger partial charge in [0.05, 0.1) is 19.1 Å². The summed E-state index contributed by atoms with van der Waals surface area (Å²) in [5.41, 5.74) is -0.671. The fourth-order valence-electron chi connectivity index (χ4n) is 2.66. The fourth-order valence-corrected chi connectivity index (χ4v) is 2.66. The van der Waals surface area contributed by atoms with Crippen LogP contribution in [0.3, 0.4) is 0 Å². The van der Waals surface area contributed by atoms with Crippen LogP contribution < -0.4 is 4.74 Å². The minimum Gasteiger partial charge on any atom is -0.497 e. The maximum Gasteiger partial charge on any atom is 0.460 e. The lowest BCUT2D eigenvalue weighted by molar-refractivity contribution is -0.461. The Morgan fingerprint density at radius 2 is 0.973 bits per heavy atom. The monoisotopic (exact) mass is 579 g/mol. The van der Waals surface area contributed by atoms with Crippen molar-refractivity contribution < 1.29 is 79.4 Å². The van der Waals surface area contributed by atoms with Crippen LogP contribution in [0.1, 0.15) is 17.9 Å². The van der Waals surface area contributed by atoms with E-state index in [9.17, 15) is 74.6 Å². The third kappa shape index (κ3) is 4.71. The van der Waals surface area contributed by atoms with Crippen molar-refractivity contribution in [1.82, 2.24) is 0 Å². The minimum absolute atomic E-state index is 0.0254. The van der Waals surface area contributed by atoms with Gasteiger partial charge in [-0.1, -0.05) is 12.1 Å². The van der Waals surface area contributed by atoms with Gasteiger partial charge in [-0.3, -0.25) is 0 Å². The third-order valence-corrected chi connectivity index (χ3v) is 4.92. The first-order valence-electron chi connectivity index (χ1n) is 8.96. The zero-order valence-electron chi connectivity index (χ0n) is 17.4. The Morgan fingerprint density at radius 1 is 0.622 bits per heavy atom. The Bertz CT molecular complexity index is 991. The molecule has 37 heavy (non-hydrogen) atoms. The van der Waals surface area contributed by atoms with E-state index in [1.807, 2.05) is 0 Å². The van der Waals surface area contributed by atoms with Gasteiger partial charge in [0.25, 0.3) is 0 Å². The highest BCUT2D eigenvalue weighted by molar-refractivity contribution is 5.32. The first kappa shape index (κ1) is 32.3. The van der Waals surface area contributed by atoms with Gasteiger partial charge in [0.2, 0.25) is 0 Å². The average Bonchev–Trinajstić information content (AvgIpc) is 2.75. The molecule has 1 aromatic carbocycles. The Morgan fingerprint density at radius 3 is 1.30 bits per heavy atom. The molecule has 0 bridgehead atoms.